The van der Waals surface area contributed by atoms with E-state index in [0.29, 0.717) is 5.56 Å². The summed E-state index contributed by atoms with van der Waals surface area (Å²) in [4.78, 5) is 5.01. The van der Waals surface area contributed by atoms with E-state index in [1.165, 1.54) is 23.5 Å². The van der Waals surface area contributed by atoms with Gasteiger partial charge in [-0.15, -0.1) is 11.3 Å². The van der Waals surface area contributed by atoms with Gasteiger partial charge in [0.25, 0.3) is 0 Å². The molecule has 0 unspecified atom stereocenters. The molecule has 0 aliphatic heterocycles. The van der Waals surface area contributed by atoms with Crippen LogP contribution in [-0.4, -0.2) is 28.2 Å². The highest BCUT2D eigenvalue weighted by molar-refractivity contribution is 7.07. The number of benzene rings is 2. The fourth-order valence-corrected chi connectivity index (χ4v) is 2.92. The average Bonchev–Trinajstić information content (AvgIpc) is 2.99. The first-order valence-electron chi connectivity index (χ1n) is 6.94. The first-order chi connectivity index (χ1) is 11.2. The van der Waals surface area contributed by atoms with E-state index in [1.807, 2.05) is 35.7 Å². The monoisotopic (exact) mass is 325 g/mol. The molecule has 0 saturated heterocycles. The average molecular weight is 325 g/mol. The lowest BCUT2D eigenvalue weighted by Crippen LogP contribution is -2.11. The van der Waals surface area contributed by atoms with Crippen molar-refractivity contribution >= 4 is 17.6 Å². The van der Waals surface area contributed by atoms with E-state index >= 15 is 0 Å². The van der Waals surface area contributed by atoms with Crippen molar-refractivity contribution in [3.63, 3.8) is 0 Å². The molecule has 1 heterocycles. The van der Waals surface area contributed by atoms with Crippen LogP contribution in [0.3, 0.4) is 0 Å². The molecular formula is C17H15N3O2S. The van der Waals surface area contributed by atoms with Crippen molar-refractivity contribution in [3.8, 4) is 22.8 Å². The number of rotatable bonds is 3. The van der Waals surface area contributed by atoms with E-state index in [0.717, 1.165) is 16.1 Å². The highest BCUT2D eigenvalue weighted by atomic mass is 32.1. The molecule has 0 aliphatic carbocycles. The summed E-state index contributed by atoms with van der Waals surface area (Å²) in [6, 6.07) is 14.5. The van der Waals surface area contributed by atoms with Gasteiger partial charge in [-0.3, -0.25) is 4.99 Å². The molecule has 0 saturated carbocycles. The van der Waals surface area contributed by atoms with Crippen molar-refractivity contribution < 1.29 is 10.2 Å². The Hall–Kier alpha value is -2.86. The lowest BCUT2D eigenvalue weighted by atomic mass is 10.2. The normalized spacial score (nSPS) is 12.1. The fraction of sp³-hybridized carbons (Fsp3) is 0.0588. The van der Waals surface area contributed by atoms with E-state index in [2.05, 4.69) is 10.1 Å². The Morgan fingerprint density at radius 3 is 2.52 bits per heavy atom. The Morgan fingerprint density at radius 2 is 1.83 bits per heavy atom. The molecule has 0 fully saturated rings. The molecular weight excluding hydrogens is 310 g/mol. The van der Waals surface area contributed by atoms with Crippen LogP contribution < -0.4 is 4.80 Å². The second kappa shape index (κ2) is 6.50. The number of hydrogen-bond donors (Lipinski definition) is 2. The molecule has 0 spiro atoms. The van der Waals surface area contributed by atoms with Crippen LogP contribution in [0, 0.1) is 0 Å². The van der Waals surface area contributed by atoms with Crippen LogP contribution in [0.1, 0.15) is 5.56 Å². The molecule has 3 aromatic rings. The Labute approximate surface area is 137 Å². The fourth-order valence-electron chi connectivity index (χ4n) is 2.11. The Kier molecular flexibility index (Phi) is 4.25. The number of nitrogens with zero attached hydrogens (tertiary/aromatic N) is 3. The SMILES string of the molecule is CN=c1scc(-c2ccccc2)n1N=Cc1ccc(O)c(O)c1. The molecule has 2 aromatic carbocycles. The van der Waals surface area contributed by atoms with Crippen molar-refractivity contribution in [2.45, 2.75) is 0 Å². The third-order valence-corrected chi connectivity index (χ3v) is 4.18. The second-order valence-electron chi connectivity index (χ2n) is 4.80. The number of thiazole rings is 1. The third-order valence-electron chi connectivity index (χ3n) is 3.27. The van der Waals surface area contributed by atoms with Crippen molar-refractivity contribution in [3.05, 3.63) is 64.3 Å². The molecule has 0 aliphatic rings. The Morgan fingerprint density at radius 1 is 1.04 bits per heavy atom. The van der Waals surface area contributed by atoms with Crippen LogP contribution in [0.5, 0.6) is 11.5 Å². The molecule has 1 aromatic heterocycles. The van der Waals surface area contributed by atoms with E-state index in [1.54, 1.807) is 24.0 Å². The van der Waals surface area contributed by atoms with E-state index in [-0.39, 0.29) is 11.5 Å². The number of hydrogen-bond acceptors (Lipinski definition) is 5. The van der Waals surface area contributed by atoms with Gasteiger partial charge in [-0.2, -0.15) is 5.10 Å². The van der Waals surface area contributed by atoms with Crippen LogP contribution in [0.25, 0.3) is 11.3 Å². The molecule has 2 N–H and O–H groups in total. The summed E-state index contributed by atoms with van der Waals surface area (Å²) in [5.74, 6) is -0.326. The molecule has 5 nitrogen and oxygen atoms in total. The number of aromatic hydroxyl groups is 2. The van der Waals surface area contributed by atoms with E-state index in [9.17, 15) is 10.2 Å². The van der Waals surface area contributed by atoms with Crippen LogP contribution >= 0.6 is 11.3 Å². The second-order valence-corrected chi connectivity index (χ2v) is 5.63. The van der Waals surface area contributed by atoms with Gasteiger partial charge in [0.15, 0.2) is 11.5 Å². The highest BCUT2D eigenvalue weighted by Crippen LogP contribution is 2.24. The zero-order chi connectivity index (χ0) is 16.2. The summed E-state index contributed by atoms with van der Waals surface area (Å²) < 4.78 is 1.75. The summed E-state index contributed by atoms with van der Waals surface area (Å²) in [6.45, 7) is 0. The maximum Gasteiger partial charge on any atom is 0.205 e. The van der Waals surface area contributed by atoms with Crippen LogP contribution in [-0.2, 0) is 0 Å². The maximum absolute atomic E-state index is 9.56. The maximum atomic E-state index is 9.56. The van der Waals surface area contributed by atoms with E-state index < -0.39 is 0 Å². The van der Waals surface area contributed by atoms with Gasteiger partial charge >= 0.3 is 0 Å². The molecule has 0 atom stereocenters. The largest absolute Gasteiger partial charge is 0.504 e. The van der Waals surface area contributed by atoms with Crippen LogP contribution in [0.15, 0.2) is 64.0 Å². The quantitative estimate of drug-likeness (QED) is 0.574. The topological polar surface area (TPSA) is 70.1 Å². The van der Waals surface area contributed by atoms with E-state index in [4.69, 9.17) is 0 Å². The first kappa shape index (κ1) is 15.1. The summed E-state index contributed by atoms with van der Waals surface area (Å²) in [5.41, 5.74) is 2.67. The van der Waals surface area contributed by atoms with Crippen molar-refractivity contribution in [1.82, 2.24) is 4.68 Å². The summed E-state index contributed by atoms with van der Waals surface area (Å²) in [5, 5.41) is 25.4. The zero-order valence-corrected chi connectivity index (χ0v) is 13.2. The molecule has 0 bridgehead atoms. The molecule has 23 heavy (non-hydrogen) atoms. The molecule has 0 radical (unpaired) electrons. The summed E-state index contributed by atoms with van der Waals surface area (Å²) >= 11 is 1.50. The van der Waals surface area contributed by atoms with Crippen molar-refractivity contribution in [1.29, 1.82) is 0 Å². The third kappa shape index (κ3) is 3.17. The van der Waals surface area contributed by atoms with Gasteiger partial charge in [0.2, 0.25) is 4.80 Å². The van der Waals surface area contributed by atoms with Crippen molar-refractivity contribution in [2.24, 2.45) is 10.1 Å². The minimum atomic E-state index is -0.173. The van der Waals surface area contributed by atoms with Crippen LogP contribution in [0.2, 0.25) is 0 Å². The highest BCUT2D eigenvalue weighted by Gasteiger charge is 2.06. The molecule has 0 amide bonds. The summed E-state index contributed by atoms with van der Waals surface area (Å²) in [7, 11) is 1.72. The molecule has 3 rings (SSSR count). The molecule has 6 heteroatoms. The van der Waals surface area contributed by atoms with Gasteiger partial charge in [-0.1, -0.05) is 30.3 Å². The predicted octanol–water partition coefficient (Wildman–Crippen LogP) is 3.04. The summed E-state index contributed by atoms with van der Waals surface area (Å²) in [6.07, 6.45) is 1.62. The van der Waals surface area contributed by atoms with Gasteiger partial charge < -0.3 is 10.2 Å². The standard InChI is InChI=1S/C17H15N3O2S/c1-18-17-20(14(11-23-17)13-5-3-2-4-6-13)19-10-12-7-8-15(21)16(22)9-12/h2-11,21-22H,1H3. The first-order valence-corrected chi connectivity index (χ1v) is 7.82. The Bertz CT molecular complexity index is 911. The zero-order valence-electron chi connectivity index (χ0n) is 12.4. The van der Waals surface area contributed by atoms with Gasteiger partial charge in [-0.05, 0) is 23.8 Å². The predicted molar refractivity (Wildman–Crippen MR) is 92.0 cm³/mol. The number of aromatic nitrogens is 1. The number of phenols is 2. The minimum Gasteiger partial charge on any atom is -0.504 e. The number of phenolic OH excluding ortho intramolecular Hbond substituents is 2. The smallest absolute Gasteiger partial charge is 0.205 e. The van der Waals surface area contributed by atoms with Gasteiger partial charge in [-0.25, -0.2) is 4.68 Å². The van der Waals surface area contributed by atoms with Gasteiger partial charge in [0.05, 0.1) is 11.9 Å². The lowest BCUT2D eigenvalue weighted by Gasteiger charge is -2.03. The van der Waals surface area contributed by atoms with Crippen LogP contribution in [0.4, 0.5) is 0 Å². The lowest BCUT2D eigenvalue weighted by molar-refractivity contribution is 0.403. The van der Waals surface area contributed by atoms with Gasteiger partial charge in [0, 0.05) is 18.0 Å². The van der Waals surface area contributed by atoms with Gasteiger partial charge in [0.1, 0.15) is 0 Å². The Balaban J connectivity index is 2.04. The van der Waals surface area contributed by atoms with Crippen molar-refractivity contribution in [2.75, 3.05) is 7.05 Å². The minimum absolute atomic E-state index is 0.153. The molecule has 116 valence electrons.